The molecule has 0 saturated heterocycles. The molecule has 2 amide bonds. The van der Waals surface area contributed by atoms with Crippen LogP contribution in [-0.4, -0.2) is 58.1 Å². The van der Waals surface area contributed by atoms with E-state index >= 15 is 0 Å². The van der Waals surface area contributed by atoms with Gasteiger partial charge in [0.2, 0.25) is 15.9 Å². The molecule has 0 aromatic heterocycles. The summed E-state index contributed by atoms with van der Waals surface area (Å²) >= 11 is 0. The molecule has 1 aromatic rings. The maximum atomic E-state index is 12.0. The zero-order valence-corrected chi connectivity index (χ0v) is 14.3. The van der Waals surface area contributed by atoms with E-state index in [1.165, 1.54) is 17.0 Å². The molecule has 1 aliphatic rings. The van der Waals surface area contributed by atoms with E-state index in [-0.39, 0.29) is 24.4 Å². The van der Waals surface area contributed by atoms with Crippen molar-refractivity contribution in [1.82, 2.24) is 10.2 Å². The van der Waals surface area contributed by atoms with Crippen molar-refractivity contribution in [1.29, 1.82) is 0 Å². The third kappa shape index (κ3) is 4.69. The fraction of sp³-hybridized carbons (Fsp3) is 0.467. The van der Waals surface area contributed by atoms with Gasteiger partial charge in [-0.3, -0.25) is 13.9 Å². The Kier molecular flexibility index (Phi) is 4.93. The van der Waals surface area contributed by atoms with E-state index in [0.29, 0.717) is 11.3 Å². The molecule has 1 aliphatic carbocycles. The van der Waals surface area contributed by atoms with E-state index in [1.807, 2.05) is 0 Å². The number of anilines is 1. The van der Waals surface area contributed by atoms with Gasteiger partial charge in [0.05, 0.1) is 11.9 Å². The lowest BCUT2D eigenvalue weighted by molar-refractivity contribution is -0.119. The van der Waals surface area contributed by atoms with E-state index in [9.17, 15) is 18.0 Å². The van der Waals surface area contributed by atoms with Crippen LogP contribution in [0.1, 0.15) is 23.2 Å². The molecule has 1 N–H and O–H groups in total. The summed E-state index contributed by atoms with van der Waals surface area (Å²) in [6.45, 7) is -0.268. The number of carbonyl (C=O) groups excluding carboxylic acids is 2. The number of amides is 2. The van der Waals surface area contributed by atoms with Crippen molar-refractivity contribution in [2.24, 2.45) is 0 Å². The Morgan fingerprint density at radius 3 is 2.17 bits per heavy atom. The summed E-state index contributed by atoms with van der Waals surface area (Å²) in [5.74, 6) is -0.500. The molecule has 1 saturated carbocycles. The summed E-state index contributed by atoms with van der Waals surface area (Å²) in [5, 5.41) is 2.76. The van der Waals surface area contributed by atoms with Crippen molar-refractivity contribution in [3.05, 3.63) is 29.8 Å². The second-order valence-electron chi connectivity index (χ2n) is 5.86. The predicted octanol–water partition coefficient (Wildman–Crippen LogP) is 0.433. The van der Waals surface area contributed by atoms with Crippen molar-refractivity contribution in [3.63, 3.8) is 0 Å². The van der Waals surface area contributed by atoms with Crippen LogP contribution in [0, 0.1) is 0 Å². The first kappa shape index (κ1) is 17.3. The van der Waals surface area contributed by atoms with Crippen LogP contribution in [0.5, 0.6) is 0 Å². The minimum atomic E-state index is -3.60. The Bertz CT molecular complexity index is 694. The quantitative estimate of drug-likeness (QED) is 0.814. The SMILES string of the molecule is CN(C)C(=O)c1ccc(N(CC(=O)NC2CC2)S(C)(=O)=O)cc1. The summed E-state index contributed by atoms with van der Waals surface area (Å²) in [5.41, 5.74) is 0.809. The van der Waals surface area contributed by atoms with Gasteiger partial charge in [-0.05, 0) is 37.1 Å². The topological polar surface area (TPSA) is 86.8 Å². The highest BCUT2D eigenvalue weighted by Gasteiger charge is 2.26. The lowest BCUT2D eigenvalue weighted by Crippen LogP contribution is -2.41. The van der Waals surface area contributed by atoms with Gasteiger partial charge in [0.25, 0.3) is 5.91 Å². The summed E-state index contributed by atoms with van der Waals surface area (Å²) in [6.07, 6.45) is 2.92. The minimum Gasteiger partial charge on any atom is -0.352 e. The molecular formula is C15H21N3O4S. The van der Waals surface area contributed by atoms with Crippen LogP contribution in [0.15, 0.2) is 24.3 Å². The van der Waals surface area contributed by atoms with Gasteiger partial charge < -0.3 is 10.2 Å². The Balaban J connectivity index is 2.18. The van der Waals surface area contributed by atoms with Crippen molar-refractivity contribution in [3.8, 4) is 0 Å². The van der Waals surface area contributed by atoms with Crippen LogP contribution in [0.25, 0.3) is 0 Å². The number of carbonyl (C=O) groups is 2. The highest BCUT2D eigenvalue weighted by atomic mass is 32.2. The zero-order valence-electron chi connectivity index (χ0n) is 13.4. The maximum Gasteiger partial charge on any atom is 0.253 e. The molecule has 0 unspecified atom stereocenters. The Morgan fingerprint density at radius 1 is 1.17 bits per heavy atom. The maximum absolute atomic E-state index is 12.0. The molecule has 2 rings (SSSR count). The number of sulfonamides is 1. The smallest absolute Gasteiger partial charge is 0.253 e. The van der Waals surface area contributed by atoms with Gasteiger partial charge in [-0.25, -0.2) is 8.42 Å². The van der Waals surface area contributed by atoms with Gasteiger partial charge in [-0.2, -0.15) is 0 Å². The van der Waals surface area contributed by atoms with Gasteiger partial charge in [-0.15, -0.1) is 0 Å². The summed E-state index contributed by atoms with van der Waals surface area (Å²) in [4.78, 5) is 25.2. The second-order valence-corrected chi connectivity index (χ2v) is 7.76. The number of nitrogens with one attached hydrogen (secondary N) is 1. The van der Waals surface area contributed by atoms with Crippen LogP contribution >= 0.6 is 0 Å². The Labute approximate surface area is 136 Å². The van der Waals surface area contributed by atoms with Gasteiger partial charge >= 0.3 is 0 Å². The average molecular weight is 339 g/mol. The summed E-state index contributed by atoms with van der Waals surface area (Å²) < 4.78 is 25.0. The van der Waals surface area contributed by atoms with Crippen LogP contribution in [-0.2, 0) is 14.8 Å². The molecule has 126 valence electrons. The summed E-state index contributed by atoms with van der Waals surface area (Å²) in [6, 6.07) is 6.33. The molecule has 23 heavy (non-hydrogen) atoms. The minimum absolute atomic E-state index is 0.170. The molecule has 0 radical (unpaired) electrons. The number of rotatable bonds is 6. The zero-order chi connectivity index (χ0) is 17.2. The van der Waals surface area contributed by atoms with Gasteiger partial charge in [0.15, 0.2) is 0 Å². The van der Waals surface area contributed by atoms with Gasteiger partial charge in [0, 0.05) is 25.7 Å². The number of benzene rings is 1. The molecule has 0 aliphatic heterocycles. The normalized spacial score (nSPS) is 14.2. The molecule has 0 heterocycles. The molecule has 1 fully saturated rings. The average Bonchev–Trinajstić information content (AvgIpc) is 3.27. The van der Waals surface area contributed by atoms with Gasteiger partial charge in [0.1, 0.15) is 6.54 Å². The largest absolute Gasteiger partial charge is 0.352 e. The fourth-order valence-electron chi connectivity index (χ4n) is 2.06. The highest BCUT2D eigenvalue weighted by Crippen LogP contribution is 2.21. The second kappa shape index (κ2) is 6.57. The first-order valence-electron chi connectivity index (χ1n) is 7.27. The first-order valence-corrected chi connectivity index (χ1v) is 9.12. The molecule has 8 heteroatoms. The lowest BCUT2D eigenvalue weighted by atomic mass is 10.2. The third-order valence-corrected chi connectivity index (χ3v) is 4.58. The van der Waals surface area contributed by atoms with E-state index in [4.69, 9.17) is 0 Å². The van der Waals surface area contributed by atoms with Crippen molar-refractivity contribution in [2.75, 3.05) is 31.2 Å². The number of nitrogens with zero attached hydrogens (tertiary/aromatic N) is 2. The first-order chi connectivity index (χ1) is 10.7. The van der Waals surface area contributed by atoms with Crippen LogP contribution in [0.2, 0.25) is 0 Å². The highest BCUT2D eigenvalue weighted by molar-refractivity contribution is 7.92. The fourth-order valence-corrected chi connectivity index (χ4v) is 2.92. The van der Waals surface area contributed by atoms with Crippen molar-refractivity contribution < 1.29 is 18.0 Å². The molecular weight excluding hydrogens is 318 g/mol. The molecule has 1 aromatic carbocycles. The molecule has 7 nitrogen and oxygen atoms in total. The van der Waals surface area contributed by atoms with Crippen LogP contribution in [0.4, 0.5) is 5.69 Å². The summed E-state index contributed by atoms with van der Waals surface area (Å²) in [7, 11) is -0.320. The third-order valence-electron chi connectivity index (χ3n) is 3.44. The molecule has 0 atom stereocenters. The number of hydrogen-bond donors (Lipinski definition) is 1. The Hall–Kier alpha value is -2.09. The van der Waals surface area contributed by atoms with E-state index in [0.717, 1.165) is 23.4 Å². The van der Waals surface area contributed by atoms with Crippen molar-refractivity contribution in [2.45, 2.75) is 18.9 Å². The van der Waals surface area contributed by atoms with E-state index < -0.39 is 10.0 Å². The number of hydrogen-bond acceptors (Lipinski definition) is 4. The monoisotopic (exact) mass is 339 g/mol. The lowest BCUT2D eigenvalue weighted by Gasteiger charge is -2.22. The van der Waals surface area contributed by atoms with Crippen LogP contribution < -0.4 is 9.62 Å². The van der Waals surface area contributed by atoms with Gasteiger partial charge in [-0.1, -0.05) is 0 Å². The van der Waals surface area contributed by atoms with Crippen molar-refractivity contribution >= 4 is 27.5 Å². The Morgan fingerprint density at radius 2 is 1.74 bits per heavy atom. The molecule has 0 spiro atoms. The van der Waals surface area contributed by atoms with Crippen LogP contribution in [0.3, 0.4) is 0 Å². The standard InChI is InChI=1S/C15H21N3O4S/c1-17(2)15(20)11-4-8-13(9-5-11)18(23(3,21)22)10-14(19)16-12-6-7-12/h4-5,8-9,12H,6-7,10H2,1-3H3,(H,16,19). The van der Waals surface area contributed by atoms with E-state index in [1.54, 1.807) is 26.2 Å². The van der Waals surface area contributed by atoms with E-state index in [2.05, 4.69) is 5.32 Å². The predicted molar refractivity (Wildman–Crippen MR) is 87.8 cm³/mol. The molecule has 0 bridgehead atoms.